The number of nitrogen functional groups attached to an aromatic ring is 1. The Morgan fingerprint density at radius 1 is 1.07 bits per heavy atom. The first-order valence-corrected chi connectivity index (χ1v) is 12.7. The van der Waals surface area contributed by atoms with Gasteiger partial charge in [-0.15, -0.1) is 0 Å². The molecule has 42 heavy (non-hydrogen) atoms. The van der Waals surface area contributed by atoms with Crippen LogP contribution in [0.2, 0.25) is 0 Å². The standard InChI is InChI=1S/C26H22F7N7O2/c27-18-8-15-13(7-16(18)22-35-9-17(21(34)38-22)25(28,29)30)4-5-40(24(15)42)11-12-2-1-3-14(6-12)37-19-10-36-39-23(41)20(19)26(31,32)33/h4-5,7-10,12,14H,1-3,6,11H2,(H2,34,35,38)(H2,37,39,41)/t12-,14+/m0/s1. The highest BCUT2D eigenvalue weighted by molar-refractivity contribution is 5.86. The lowest BCUT2D eigenvalue weighted by Crippen LogP contribution is -2.33. The number of nitrogens with two attached hydrogens (primary N) is 1. The zero-order valence-corrected chi connectivity index (χ0v) is 21.5. The maximum Gasteiger partial charge on any atom is 0.423 e. The number of rotatable bonds is 5. The average molecular weight is 597 g/mol. The van der Waals surface area contributed by atoms with Crippen molar-refractivity contribution >= 4 is 22.3 Å². The van der Waals surface area contributed by atoms with Gasteiger partial charge in [0.1, 0.15) is 22.8 Å². The monoisotopic (exact) mass is 597 g/mol. The summed E-state index contributed by atoms with van der Waals surface area (Å²) in [7, 11) is 0. The Kier molecular flexibility index (Phi) is 7.41. The fourth-order valence-electron chi connectivity index (χ4n) is 5.24. The van der Waals surface area contributed by atoms with Gasteiger partial charge in [-0.25, -0.2) is 19.5 Å². The molecule has 2 atom stereocenters. The summed E-state index contributed by atoms with van der Waals surface area (Å²) in [6.07, 6.45) is -4.55. The lowest BCUT2D eigenvalue weighted by atomic mass is 9.85. The second kappa shape index (κ2) is 10.7. The van der Waals surface area contributed by atoms with E-state index in [4.69, 9.17) is 5.73 Å². The fraction of sp³-hybridized carbons (Fsp3) is 0.346. The molecule has 4 aromatic rings. The van der Waals surface area contributed by atoms with E-state index in [1.54, 1.807) is 5.10 Å². The number of aromatic nitrogens is 5. The van der Waals surface area contributed by atoms with Crippen LogP contribution in [0.4, 0.5) is 42.2 Å². The van der Waals surface area contributed by atoms with Crippen LogP contribution in [-0.4, -0.2) is 30.8 Å². The molecule has 3 heterocycles. The molecule has 0 radical (unpaired) electrons. The lowest BCUT2D eigenvalue weighted by molar-refractivity contribution is -0.138. The van der Waals surface area contributed by atoms with Crippen molar-refractivity contribution in [1.29, 1.82) is 0 Å². The average Bonchev–Trinajstić information content (AvgIpc) is 2.89. The highest BCUT2D eigenvalue weighted by Gasteiger charge is 2.38. The molecule has 9 nitrogen and oxygen atoms in total. The number of fused-ring (bicyclic) bond motifs is 1. The molecule has 4 N–H and O–H groups in total. The van der Waals surface area contributed by atoms with Gasteiger partial charge in [0.2, 0.25) is 0 Å². The van der Waals surface area contributed by atoms with Crippen LogP contribution in [0.25, 0.3) is 22.2 Å². The van der Waals surface area contributed by atoms with E-state index in [0.717, 1.165) is 12.3 Å². The van der Waals surface area contributed by atoms with E-state index < -0.39 is 58.0 Å². The molecule has 1 fully saturated rings. The summed E-state index contributed by atoms with van der Waals surface area (Å²) in [5.41, 5.74) is 0.231. The normalized spacial score (nSPS) is 17.9. The minimum Gasteiger partial charge on any atom is -0.383 e. The number of H-pyrrole nitrogens is 1. The van der Waals surface area contributed by atoms with Gasteiger partial charge >= 0.3 is 12.4 Å². The molecule has 1 aliphatic rings. The summed E-state index contributed by atoms with van der Waals surface area (Å²) in [6, 6.07) is 3.31. The molecule has 5 rings (SSSR count). The van der Waals surface area contributed by atoms with Crippen LogP contribution < -0.4 is 22.2 Å². The second-order valence-corrected chi connectivity index (χ2v) is 10.0. The summed E-state index contributed by atoms with van der Waals surface area (Å²) in [6.45, 7) is 0.203. The zero-order valence-electron chi connectivity index (χ0n) is 21.5. The number of nitrogens with zero attached hydrogens (tertiary/aromatic N) is 4. The minimum atomic E-state index is -4.88. The number of nitrogens with one attached hydrogen (secondary N) is 2. The quantitative estimate of drug-likeness (QED) is 0.277. The number of halogens is 7. The predicted molar refractivity (Wildman–Crippen MR) is 138 cm³/mol. The van der Waals surface area contributed by atoms with Crippen LogP contribution in [0.1, 0.15) is 36.8 Å². The first-order valence-electron chi connectivity index (χ1n) is 12.7. The predicted octanol–water partition coefficient (Wildman–Crippen LogP) is 4.97. The smallest absolute Gasteiger partial charge is 0.383 e. The fourth-order valence-corrected chi connectivity index (χ4v) is 5.24. The number of aromatic amines is 1. The summed E-state index contributed by atoms with van der Waals surface area (Å²) in [5, 5.41) is 8.33. The number of hydrogen-bond acceptors (Lipinski definition) is 7. The molecule has 222 valence electrons. The Morgan fingerprint density at radius 3 is 2.52 bits per heavy atom. The molecular formula is C26H22F7N7O2. The number of anilines is 2. The second-order valence-electron chi connectivity index (χ2n) is 10.0. The van der Waals surface area contributed by atoms with Gasteiger partial charge in [-0.05, 0) is 48.8 Å². The van der Waals surface area contributed by atoms with Crippen LogP contribution in [-0.2, 0) is 18.9 Å². The third-order valence-corrected chi connectivity index (χ3v) is 7.17. The van der Waals surface area contributed by atoms with Crippen molar-refractivity contribution in [2.75, 3.05) is 11.1 Å². The SMILES string of the molecule is Nc1nc(-c2cc3ccn(C[C@H]4CCC[C@@H](Nc5cn[nH]c(=O)c5C(F)(F)F)C4)c(=O)c3cc2F)ncc1C(F)(F)F. The third-order valence-electron chi connectivity index (χ3n) is 7.17. The van der Waals surface area contributed by atoms with E-state index in [2.05, 4.69) is 20.4 Å². The van der Waals surface area contributed by atoms with Crippen molar-refractivity contribution in [2.45, 2.75) is 50.6 Å². The van der Waals surface area contributed by atoms with Gasteiger partial charge in [0.15, 0.2) is 5.82 Å². The molecule has 1 aromatic carbocycles. The molecule has 0 saturated heterocycles. The van der Waals surface area contributed by atoms with Crippen LogP contribution in [0.5, 0.6) is 0 Å². The molecule has 3 aromatic heterocycles. The Bertz CT molecular complexity index is 1770. The maximum absolute atomic E-state index is 15.0. The van der Waals surface area contributed by atoms with E-state index in [-0.39, 0.29) is 29.2 Å². The van der Waals surface area contributed by atoms with Gasteiger partial charge in [0, 0.05) is 25.0 Å². The summed E-state index contributed by atoms with van der Waals surface area (Å²) in [5.74, 6) is -2.31. The molecule has 0 spiro atoms. The minimum absolute atomic E-state index is 0.00789. The molecule has 0 amide bonds. The Hall–Kier alpha value is -4.50. The number of pyridine rings is 1. The number of alkyl halides is 6. The van der Waals surface area contributed by atoms with Crippen molar-refractivity contribution in [3.63, 3.8) is 0 Å². The van der Waals surface area contributed by atoms with Crippen LogP contribution in [0.3, 0.4) is 0 Å². The summed E-state index contributed by atoms with van der Waals surface area (Å²) < 4.78 is 95.6. The molecule has 0 aliphatic heterocycles. The summed E-state index contributed by atoms with van der Waals surface area (Å²) >= 11 is 0. The molecule has 16 heteroatoms. The van der Waals surface area contributed by atoms with Crippen LogP contribution >= 0.6 is 0 Å². The Labute approximate surface area is 231 Å². The van der Waals surface area contributed by atoms with Crippen molar-refractivity contribution < 1.29 is 30.7 Å². The largest absolute Gasteiger partial charge is 0.423 e. The van der Waals surface area contributed by atoms with Crippen LogP contribution in [0, 0.1) is 11.7 Å². The molecular weight excluding hydrogens is 575 g/mol. The van der Waals surface area contributed by atoms with E-state index in [1.807, 2.05) is 0 Å². The lowest BCUT2D eigenvalue weighted by Gasteiger charge is -2.31. The number of hydrogen-bond donors (Lipinski definition) is 3. The van der Waals surface area contributed by atoms with Gasteiger partial charge < -0.3 is 15.6 Å². The van der Waals surface area contributed by atoms with E-state index >= 15 is 4.39 Å². The van der Waals surface area contributed by atoms with Gasteiger partial charge in [0.25, 0.3) is 11.1 Å². The molecule has 0 bridgehead atoms. The summed E-state index contributed by atoms with van der Waals surface area (Å²) in [4.78, 5) is 32.2. The molecule has 1 saturated carbocycles. The van der Waals surface area contributed by atoms with E-state index in [1.165, 1.54) is 22.9 Å². The maximum atomic E-state index is 15.0. The highest BCUT2D eigenvalue weighted by atomic mass is 19.4. The van der Waals surface area contributed by atoms with Crippen molar-refractivity contribution in [2.24, 2.45) is 5.92 Å². The van der Waals surface area contributed by atoms with Crippen LogP contribution in [0.15, 0.2) is 46.4 Å². The van der Waals surface area contributed by atoms with Crippen molar-refractivity contribution in [3.05, 3.63) is 74.4 Å². The third kappa shape index (κ3) is 5.78. The van der Waals surface area contributed by atoms with Crippen molar-refractivity contribution in [1.82, 2.24) is 24.7 Å². The highest BCUT2D eigenvalue weighted by Crippen LogP contribution is 2.35. The van der Waals surface area contributed by atoms with Gasteiger partial charge in [0.05, 0.1) is 22.8 Å². The first-order chi connectivity index (χ1) is 19.7. The number of benzene rings is 1. The van der Waals surface area contributed by atoms with Gasteiger partial charge in [-0.2, -0.15) is 31.4 Å². The topological polar surface area (TPSA) is 132 Å². The Balaban J connectivity index is 1.37. The molecule has 0 unspecified atom stereocenters. The zero-order chi connectivity index (χ0) is 30.4. The van der Waals surface area contributed by atoms with E-state index in [9.17, 15) is 35.9 Å². The first kappa shape index (κ1) is 29.0. The van der Waals surface area contributed by atoms with Gasteiger partial charge in [-0.3, -0.25) is 9.59 Å². The van der Waals surface area contributed by atoms with E-state index in [0.29, 0.717) is 37.3 Å². The van der Waals surface area contributed by atoms with Gasteiger partial charge in [-0.1, -0.05) is 6.42 Å². The Morgan fingerprint density at radius 2 is 1.83 bits per heavy atom. The molecule has 1 aliphatic carbocycles. The van der Waals surface area contributed by atoms with Crippen molar-refractivity contribution in [3.8, 4) is 11.4 Å².